The summed E-state index contributed by atoms with van der Waals surface area (Å²) in [6.45, 7) is 0.176. The van der Waals surface area contributed by atoms with E-state index in [-0.39, 0.29) is 23.2 Å². The van der Waals surface area contributed by atoms with Crippen LogP contribution in [0.3, 0.4) is 0 Å². The first-order chi connectivity index (χ1) is 12.6. The number of rotatable bonds is 3. The normalized spacial score (nSPS) is 10.1. The SMILES string of the molecule is O=C(NCC#Cc1ccc(C(=S)NO)cc1)c1cc2cc(Cl)ccc2o1. The number of hydrogen-bond acceptors (Lipinski definition) is 4. The maximum absolute atomic E-state index is 12.1. The topological polar surface area (TPSA) is 74.5 Å². The van der Waals surface area contributed by atoms with Crippen LogP contribution in [0.5, 0.6) is 0 Å². The van der Waals surface area contributed by atoms with E-state index in [4.69, 9.17) is 33.4 Å². The summed E-state index contributed by atoms with van der Waals surface area (Å²) in [4.78, 5) is 12.4. The van der Waals surface area contributed by atoms with Crippen molar-refractivity contribution in [2.45, 2.75) is 0 Å². The number of carbonyl (C=O) groups is 1. The highest BCUT2D eigenvalue weighted by Crippen LogP contribution is 2.22. The number of carbonyl (C=O) groups excluding carboxylic acids is 1. The van der Waals surface area contributed by atoms with Gasteiger partial charge in [0, 0.05) is 21.5 Å². The van der Waals surface area contributed by atoms with Crippen molar-refractivity contribution in [1.29, 1.82) is 0 Å². The Hall–Kier alpha value is -2.85. The lowest BCUT2D eigenvalue weighted by atomic mass is 10.1. The molecule has 0 atom stereocenters. The zero-order valence-corrected chi connectivity index (χ0v) is 14.9. The fourth-order valence-corrected chi connectivity index (χ4v) is 2.57. The van der Waals surface area contributed by atoms with Crippen molar-refractivity contribution in [3.63, 3.8) is 0 Å². The van der Waals surface area contributed by atoms with Gasteiger partial charge < -0.3 is 9.73 Å². The molecule has 1 amide bonds. The molecule has 130 valence electrons. The molecule has 2 aromatic carbocycles. The third kappa shape index (κ3) is 4.21. The number of hydrogen-bond donors (Lipinski definition) is 3. The summed E-state index contributed by atoms with van der Waals surface area (Å²) in [6, 6.07) is 13.8. The molecular weight excluding hydrogens is 372 g/mol. The molecule has 3 N–H and O–H groups in total. The molecule has 7 heteroatoms. The van der Waals surface area contributed by atoms with Crippen molar-refractivity contribution in [3.8, 4) is 11.8 Å². The molecule has 0 aliphatic heterocycles. The van der Waals surface area contributed by atoms with Gasteiger partial charge in [-0.15, -0.1) is 0 Å². The van der Waals surface area contributed by atoms with Gasteiger partial charge in [0.2, 0.25) is 0 Å². The molecule has 3 rings (SSSR count). The van der Waals surface area contributed by atoms with Crippen LogP contribution in [0.4, 0.5) is 0 Å². The van der Waals surface area contributed by atoms with Crippen LogP contribution in [0, 0.1) is 11.8 Å². The zero-order valence-electron chi connectivity index (χ0n) is 13.4. The van der Waals surface area contributed by atoms with E-state index in [1.807, 2.05) is 5.48 Å². The Morgan fingerprint density at radius 3 is 2.69 bits per heavy atom. The second kappa shape index (κ2) is 8.02. The molecule has 0 saturated carbocycles. The van der Waals surface area contributed by atoms with E-state index in [0.717, 1.165) is 10.9 Å². The van der Waals surface area contributed by atoms with Crippen LogP contribution in [0.15, 0.2) is 52.9 Å². The highest BCUT2D eigenvalue weighted by molar-refractivity contribution is 7.80. The van der Waals surface area contributed by atoms with Gasteiger partial charge in [-0.2, -0.15) is 0 Å². The number of hydroxylamine groups is 1. The van der Waals surface area contributed by atoms with E-state index in [9.17, 15) is 4.79 Å². The van der Waals surface area contributed by atoms with Crippen LogP contribution in [-0.4, -0.2) is 22.6 Å². The maximum atomic E-state index is 12.1. The predicted octanol–water partition coefficient (Wildman–Crippen LogP) is 3.52. The van der Waals surface area contributed by atoms with Gasteiger partial charge in [-0.05, 0) is 36.4 Å². The molecule has 0 aliphatic carbocycles. The van der Waals surface area contributed by atoms with Crippen LogP contribution in [0.25, 0.3) is 11.0 Å². The summed E-state index contributed by atoms with van der Waals surface area (Å²) in [6.07, 6.45) is 0. The Morgan fingerprint density at radius 2 is 1.96 bits per heavy atom. The van der Waals surface area contributed by atoms with Crippen LogP contribution >= 0.6 is 23.8 Å². The average molecular weight is 385 g/mol. The summed E-state index contributed by atoms with van der Waals surface area (Å²) in [5.41, 5.74) is 3.98. The Balaban J connectivity index is 1.59. The summed E-state index contributed by atoms with van der Waals surface area (Å²) in [5, 5.41) is 12.8. The summed E-state index contributed by atoms with van der Waals surface area (Å²) in [5.74, 6) is 5.66. The summed E-state index contributed by atoms with van der Waals surface area (Å²) >= 11 is 10.8. The van der Waals surface area contributed by atoms with Crippen molar-refractivity contribution in [2.24, 2.45) is 0 Å². The molecule has 0 radical (unpaired) electrons. The maximum Gasteiger partial charge on any atom is 0.287 e. The molecule has 0 saturated heterocycles. The lowest BCUT2D eigenvalue weighted by molar-refractivity contribution is 0.0933. The molecular formula is C19H13ClN2O3S. The van der Waals surface area contributed by atoms with Crippen LogP contribution in [0.1, 0.15) is 21.7 Å². The Bertz CT molecular complexity index is 1030. The van der Waals surface area contributed by atoms with Gasteiger partial charge in [-0.25, -0.2) is 0 Å². The predicted molar refractivity (Wildman–Crippen MR) is 103 cm³/mol. The molecule has 0 bridgehead atoms. The minimum Gasteiger partial charge on any atom is -0.451 e. The van der Waals surface area contributed by atoms with Gasteiger partial charge >= 0.3 is 0 Å². The second-order valence-electron chi connectivity index (χ2n) is 5.30. The molecule has 0 fully saturated rings. The van der Waals surface area contributed by atoms with E-state index in [1.165, 1.54) is 0 Å². The van der Waals surface area contributed by atoms with Gasteiger partial charge in [-0.3, -0.25) is 15.5 Å². The quantitative estimate of drug-likeness (QED) is 0.366. The second-order valence-corrected chi connectivity index (χ2v) is 6.14. The number of furan rings is 1. The summed E-state index contributed by atoms with van der Waals surface area (Å²) in [7, 11) is 0. The van der Waals surface area contributed by atoms with Crippen molar-refractivity contribution < 1.29 is 14.4 Å². The fraction of sp³-hybridized carbons (Fsp3) is 0.0526. The van der Waals surface area contributed by atoms with Gasteiger partial charge in [-0.1, -0.05) is 47.8 Å². The van der Waals surface area contributed by atoms with E-state index >= 15 is 0 Å². The minimum absolute atomic E-state index is 0.176. The van der Waals surface area contributed by atoms with Crippen molar-refractivity contribution in [2.75, 3.05) is 6.54 Å². The molecule has 1 aromatic heterocycles. The first-order valence-corrected chi connectivity index (χ1v) is 8.36. The Kier molecular flexibility index (Phi) is 5.54. The van der Waals surface area contributed by atoms with Crippen LogP contribution < -0.4 is 10.8 Å². The standard InChI is InChI=1S/C19H13ClN2O3S/c20-15-7-8-16-14(10-15)11-17(25-16)18(23)21-9-1-2-12-3-5-13(6-4-12)19(26)22-24/h3-8,10-11,24H,9H2,(H,21,23)(H,22,26). The van der Waals surface area contributed by atoms with Crippen LogP contribution in [-0.2, 0) is 0 Å². The van der Waals surface area contributed by atoms with Crippen molar-refractivity contribution >= 4 is 45.7 Å². The van der Waals surface area contributed by atoms with E-state index in [0.29, 0.717) is 16.2 Å². The van der Waals surface area contributed by atoms with E-state index in [1.54, 1.807) is 48.5 Å². The smallest absolute Gasteiger partial charge is 0.287 e. The Labute approximate surface area is 159 Å². The van der Waals surface area contributed by atoms with E-state index in [2.05, 4.69) is 17.2 Å². The van der Waals surface area contributed by atoms with Gasteiger partial charge in [0.05, 0.1) is 6.54 Å². The largest absolute Gasteiger partial charge is 0.451 e. The number of benzene rings is 2. The molecule has 5 nitrogen and oxygen atoms in total. The van der Waals surface area contributed by atoms with Gasteiger partial charge in [0.25, 0.3) is 5.91 Å². The number of halogens is 1. The van der Waals surface area contributed by atoms with Gasteiger partial charge in [0.1, 0.15) is 10.6 Å². The first kappa shape index (κ1) is 18.0. The van der Waals surface area contributed by atoms with Crippen molar-refractivity contribution in [3.05, 3.63) is 70.4 Å². The summed E-state index contributed by atoms with van der Waals surface area (Å²) < 4.78 is 5.49. The third-order valence-electron chi connectivity index (χ3n) is 3.52. The lowest BCUT2D eigenvalue weighted by Gasteiger charge is -2.00. The average Bonchev–Trinajstić information content (AvgIpc) is 3.08. The number of nitrogens with one attached hydrogen (secondary N) is 2. The lowest BCUT2D eigenvalue weighted by Crippen LogP contribution is -2.22. The highest BCUT2D eigenvalue weighted by atomic mass is 35.5. The number of amides is 1. The van der Waals surface area contributed by atoms with E-state index < -0.39 is 0 Å². The minimum atomic E-state index is -0.346. The first-order valence-electron chi connectivity index (χ1n) is 7.57. The molecule has 0 spiro atoms. The van der Waals surface area contributed by atoms with Gasteiger partial charge in [0.15, 0.2) is 5.76 Å². The molecule has 0 aliphatic rings. The number of thiocarbonyl (C=S) groups is 1. The zero-order chi connectivity index (χ0) is 18.5. The fourth-order valence-electron chi connectivity index (χ4n) is 2.25. The molecule has 26 heavy (non-hydrogen) atoms. The third-order valence-corrected chi connectivity index (χ3v) is 4.08. The molecule has 1 heterocycles. The Morgan fingerprint density at radius 1 is 1.19 bits per heavy atom. The number of fused-ring (bicyclic) bond motifs is 1. The van der Waals surface area contributed by atoms with Crippen molar-refractivity contribution in [1.82, 2.24) is 10.8 Å². The molecule has 3 aromatic rings. The highest BCUT2D eigenvalue weighted by Gasteiger charge is 2.11. The monoisotopic (exact) mass is 384 g/mol. The molecule has 0 unspecified atom stereocenters. The van der Waals surface area contributed by atoms with Crippen LogP contribution in [0.2, 0.25) is 5.02 Å².